The van der Waals surface area contributed by atoms with Crippen molar-refractivity contribution in [1.82, 2.24) is 15.3 Å². The summed E-state index contributed by atoms with van der Waals surface area (Å²) in [5.41, 5.74) is 5.85. The number of pyridine rings is 1. The average Bonchev–Trinajstić information content (AvgIpc) is 3.06. The smallest absolute Gasteiger partial charge is 0.120 e. The minimum absolute atomic E-state index is 0.0892. The van der Waals surface area contributed by atoms with Crippen LogP contribution in [0.25, 0.3) is 21.8 Å². The predicted molar refractivity (Wildman–Crippen MR) is 105 cm³/mol. The van der Waals surface area contributed by atoms with Crippen molar-refractivity contribution in [3.63, 3.8) is 0 Å². The van der Waals surface area contributed by atoms with E-state index in [2.05, 4.69) is 46.7 Å². The van der Waals surface area contributed by atoms with E-state index in [9.17, 15) is 0 Å². The summed E-state index contributed by atoms with van der Waals surface area (Å²) in [6.45, 7) is 3.64. The molecule has 2 aromatic carbocycles. The molecule has 130 valence electrons. The van der Waals surface area contributed by atoms with Crippen molar-refractivity contribution < 1.29 is 4.74 Å². The van der Waals surface area contributed by atoms with Gasteiger partial charge in [0.15, 0.2) is 0 Å². The van der Waals surface area contributed by atoms with Crippen LogP contribution in [-0.4, -0.2) is 23.1 Å². The van der Waals surface area contributed by atoms with Crippen molar-refractivity contribution in [2.24, 2.45) is 0 Å². The number of nitrogens with one attached hydrogen (secondary N) is 2. The van der Waals surface area contributed by atoms with Crippen molar-refractivity contribution in [3.8, 4) is 5.75 Å². The SMILES string of the molecule is CCOc1ccc2[nH]c3c(c2c1)CCNC3c1ccc2ccccc2n1. The Labute approximate surface area is 152 Å². The third-order valence-electron chi connectivity index (χ3n) is 5.15. The third-order valence-corrected chi connectivity index (χ3v) is 5.15. The third kappa shape index (κ3) is 2.45. The van der Waals surface area contributed by atoms with Gasteiger partial charge in [0.1, 0.15) is 5.75 Å². The van der Waals surface area contributed by atoms with Crippen LogP contribution in [-0.2, 0) is 6.42 Å². The molecule has 4 heteroatoms. The fraction of sp³-hybridized carbons (Fsp3) is 0.227. The lowest BCUT2D eigenvalue weighted by atomic mass is 9.96. The minimum Gasteiger partial charge on any atom is -0.494 e. The Hall–Kier alpha value is -2.85. The first-order valence-corrected chi connectivity index (χ1v) is 9.20. The molecule has 1 unspecified atom stereocenters. The maximum Gasteiger partial charge on any atom is 0.120 e. The van der Waals surface area contributed by atoms with E-state index >= 15 is 0 Å². The molecule has 1 atom stereocenters. The summed E-state index contributed by atoms with van der Waals surface area (Å²) < 4.78 is 5.69. The van der Waals surface area contributed by atoms with Gasteiger partial charge in [0.05, 0.1) is 23.9 Å². The summed E-state index contributed by atoms with van der Waals surface area (Å²) in [6.07, 6.45) is 1.01. The number of nitrogens with zero attached hydrogens (tertiary/aromatic N) is 1. The lowest BCUT2D eigenvalue weighted by molar-refractivity contribution is 0.340. The Bertz CT molecular complexity index is 1100. The van der Waals surface area contributed by atoms with E-state index in [4.69, 9.17) is 9.72 Å². The van der Waals surface area contributed by atoms with Crippen LogP contribution in [0.2, 0.25) is 0 Å². The van der Waals surface area contributed by atoms with E-state index < -0.39 is 0 Å². The zero-order valence-electron chi connectivity index (χ0n) is 14.8. The van der Waals surface area contributed by atoms with Crippen molar-refractivity contribution >= 4 is 21.8 Å². The lowest BCUT2D eigenvalue weighted by Crippen LogP contribution is -2.31. The molecule has 0 fully saturated rings. The Balaban J connectivity index is 1.63. The molecule has 2 N–H and O–H groups in total. The molecule has 0 bridgehead atoms. The highest BCUT2D eigenvalue weighted by atomic mass is 16.5. The van der Waals surface area contributed by atoms with Gasteiger partial charge >= 0.3 is 0 Å². The summed E-state index contributed by atoms with van der Waals surface area (Å²) >= 11 is 0. The van der Waals surface area contributed by atoms with Crippen LogP contribution < -0.4 is 10.1 Å². The van der Waals surface area contributed by atoms with E-state index in [-0.39, 0.29) is 6.04 Å². The topological polar surface area (TPSA) is 49.9 Å². The quantitative estimate of drug-likeness (QED) is 0.581. The summed E-state index contributed by atoms with van der Waals surface area (Å²) in [6, 6.07) is 18.9. The molecule has 3 heterocycles. The molecule has 0 aliphatic carbocycles. The first kappa shape index (κ1) is 15.4. The highest BCUT2D eigenvalue weighted by Gasteiger charge is 2.26. The van der Waals surface area contributed by atoms with Crippen molar-refractivity contribution in [2.45, 2.75) is 19.4 Å². The Morgan fingerprint density at radius 3 is 2.96 bits per heavy atom. The number of H-pyrrole nitrogens is 1. The van der Waals surface area contributed by atoms with E-state index in [0.717, 1.165) is 35.4 Å². The normalized spacial score (nSPS) is 16.7. The van der Waals surface area contributed by atoms with Gasteiger partial charge in [0.2, 0.25) is 0 Å². The molecule has 0 saturated heterocycles. The number of rotatable bonds is 3. The van der Waals surface area contributed by atoms with Crippen LogP contribution in [0.15, 0.2) is 54.6 Å². The van der Waals surface area contributed by atoms with Gasteiger partial charge < -0.3 is 15.0 Å². The average molecular weight is 343 g/mol. The standard InChI is InChI=1S/C22H21N3O/c1-2-26-15-8-10-19-17(13-15)16-11-12-23-22(21(16)25-19)20-9-7-14-5-3-4-6-18(14)24-20/h3-10,13,22-23,25H,2,11-12H2,1H3. The highest BCUT2D eigenvalue weighted by molar-refractivity contribution is 5.87. The van der Waals surface area contributed by atoms with Crippen molar-refractivity contribution in [1.29, 1.82) is 0 Å². The van der Waals surface area contributed by atoms with Crippen LogP contribution in [0.1, 0.15) is 29.9 Å². The second kappa shape index (κ2) is 6.15. The zero-order chi connectivity index (χ0) is 17.5. The fourth-order valence-electron chi connectivity index (χ4n) is 3.96. The van der Waals surface area contributed by atoms with Gasteiger partial charge in [-0.15, -0.1) is 0 Å². The number of hydrogen-bond acceptors (Lipinski definition) is 3. The van der Waals surface area contributed by atoms with Crippen LogP contribution in [0.4, 0.5) is 0 Å². The van der Waals surface area contributed by atoms with Crippen LogP contribution >= 0.6 is 0 Å². The van der Waals surface area contributed by atoms with Crippen LogP contribution in [0.5, 0.6) is 5.75 Å². The van der Waals surface area contributed by atoms with Gasteiger partial charge in [-0.2, -0.15) is 0 Å². The Morgan fingerprint density at radius 1 is 1.12 bits per heavy atom. The van der Waals surface area contributed by atoms with Crippen LogP contribution in [0.3, 0.4) is 0 Å². The zero-order valence-corrected chi connectivity index (χ0v) is 14.8. The largest absolute Gasteiger partial charge is 0.494 e. The van der Waals surface area contributed by atoms with Gasteiger partial charge in [0.25, 0.3) is 0 Å². The van der Waals surface area contributed by atoms with Gasteiger partial charge in [0, 0.05) is 28.5 Å². The molecule has 0 spiro atoms. The maximum absolute atomic E-state index is 5.69. The first-order chi connectivity index (χ1) is 12.8. The highest BCUT2D eigenvalue weighted by Crippen LogP contribution is 2.35. The molecule has 4 nitrogen and oxygen atoms in total. The Morgan fingerprint density at radius 2 is 2.04 bits per heavy atom. The molecule has 1 aliphatic rings. The van der Waals surface area contributed by atoms with Crippen molar-refractivity contribution in [2.75, 3.05) is 13.2 Å². The number of hydrogen-bond donors (Lipinski definition) is 2. The number of para-hydroxylation sites is 1. The molecule has 0 saturated carbocycles. The molecule has 0 amide bonds. The minimum atomic E-state index is 0.0892. The van der Waals surface area contributed by atoms with Gasteiger partial charge in [-0.25, -0.2) is 0 Å². The molecule has 4 aromatic rings. The summed E-state index contributed by atoms with van der Waals surface area (Å²) in [4.78, 5) is 8.53. The van der Waals surface area contributed by atoms with E-state index in [1.807, 2.05) is 25.1 Å². The predicted octanol–water partition coefficient (Wildman–Crippen LogP) is 4.35. The van der Waals surface area contributed by atoms with Gasteiger partial charge in [-0.05, 0) is 49.2 Å². The van der Waals surface area contributed by atoms with Crippen molar-refractivity contribution in [3.05, 3.63) is 71.5 Å². The Kier molecular flexibility index (Phi) is 3.64. The maximum atomic E-state index is 5.69. The number of benzene rings is 2. The molecule has 2 aromatic heterocycles. The molecule has 1 aliphatic heterocycles. The molecule has 0 radical (unpaired) electrons. The van der Waals surface area contributed by atoms with Gasteiger partial charge in [-0.3, -0.25) is 4.98 Å². The lowest BCUT2D eigenvalue weighted by Gasteiger charge is -2.24. The second-order valence-electron chi connectivity index (χ2n) is 6.72. The first-order valence-electron chi connectivity index (χ1n) is 9.20. The number of aromatic nitrogens is 2. The number of fused-ring (bicyclic) bond motifs is 4. The summed E-state index contributed by atoms with van der Waals surface area (Å²) in [5.74, 6) is 0.931. The number of ether oxygens (including phenoxy) is 1. The molecular weight excluding hydrogens is 322 g/mol. The summed E-state index contributed by atoms with van der Waals surface area (Å²) in [5, 5.41) is 6.07. The second-order valence-corrected chi connectivity index (χ2v) is 6.72. The monoisotopic (exact) mass is 343 g/mol. The fourth-order valence-corrected chi connectivity index (χ4v) is 3.96. The number of aromatic amines is 1. The molecule has 5 rings (SSSR count). The van der Waals surface area contributed by atoms with E-state index in [1.54, 1.807) is 0 Å². The van der Waals surface area contributed by atoms with E-state index in [0.29, 0.717) is 6.61 Å². The summed E-state index contributed by atoms with van der Waals surface area (Å²) in [7, 11) is 0. The van der Waals surface area contributed by atoms with Crippen LogP contribution in [0, 0.1) is 0 Å². The molecule has 26 heavy (non-hydrogen) atoms. The van der Waals surface area contributed by atoms with E-state index in [1.165, 1.54) is 22.0 Å². The van der Waals surface area contributed by atoms with Gasteiger partial charge in [-0.1, -0.05) is 24.3 Å². The molecular formula is C22H21N3O.